The van der Waals surface area contributed by atoms with Gasteiger partial charge in [0.15, 0.2) is 5.75 Å². The van der Waals surface area contributed by atoms with Crippen LogP contribution in [0.2, 0.25) is 0 Å². The molecule has 3 aromatic carbocycles. The standard InChI is InChI=1S/C20H12FNO3/c21-13-6-5-7-14(12-13)25-18-11-4-3-10-17(18)22-19(23)15-8-1-2-9-16(15)20(22)24/h1-12H. The number of hydrogen-bond donors (Lipinski definition) is 0. The summed E-state index contributed by atoms with van der Waals surface area (Å²) in [7, 11) is 0. The Kier molecular flexibility index (Phi) is 3.54. The third-order valence-corrected chi connectivity index (χ3v) is 3.92. The Hall–Kier alpha value is -3.47. The van der Waals surface area contributed by atoms with Gasteiger partial charge >= 0.3 is 0 Å². The van der Waals surface area contributed by atoms with E-state index in [1.54, 1.807) is 54.6 Å². The lowest BCUT2D eigenvalue weighted by molar-refractivity contribution is 0.0925. The van der Waals surface area contributed by atoms with Gasteiger partial charge in [-0.25, -0.2) is 9.29 Å². The van der Waals surface area contributed by atoms with Gasteiger partial charge in [0.2, 0.25) is 0 Å². The number of hydrogen-bond acceptors (Lipinski definition) is 3. The topological polar surface area (TPSA) is 46.6 Å². The molecule has 0 N–H and O–H groups in total. The molecule has 4 nitrogen and oxygen atoms in total. The van der Waals surface area contributed by atoms with Crippen LogP contribution in [-0.2, 0) is 0 Å². The SMILES string of the molecule is O=C1c2ccccc2C(=O)N1c1ccccc1Oc1cccc(F)c1. The van der Waals surface area contributed by atoms with Gasteiger partial charge in [0.25, 0.3) is 11.8 Å². The van der Waals surface area contributed by atoms with Crippen molar-refractivity contribution in [1.82, 2.24) is 0 Å². The molecule has 0 fully saturated rings. The molecule has 0 radical (unpaired) electrons. The van der Waals surface area contributed by atoms with Crippen molar-refractivity contribution in [2.24, 2.45) is 0 Å². The molecular weight excluding hydrogens is 321 g/mol. The van der Waals surface area contributed by atoms with E-state index >= 15 is 0 Å². The van der Waals surface area contributed by atoms with Crippen LogP contribution in [0.25, 0.3) is 0 Å². The number of halogens is 1. The number of imide groups is 1. The Morgan fingerprint density at radius 1 is 0.760 bits per heavy atom. The van der Waals surface area contributed by atoms with Gasteiger partial charge in [-0.15, -0.1) is 0 Å². The van der Waals surface area contributed by atoms with Crippen LogP contribution < -0.4 is 9.64 Å². The summed E-state index contributed by atoms with van der Waals surface area (Å²) in [5.74, 6) is -0.672. The zero-order valence-corrected chi connectivity index (χ0v) is 13.0. The van der Waals surface area contributed by atoms with Gasteiger partial charge in [-0.05, 0) is 36.4 Å². The zero-order chi connectivity index (χ0) is 17.4. The molecule has 5 heteroatoms. The Labute approximate surface area is 143 Å². The largest absolute Gasteiger partial charge is 0.455 e. The lowest BCUT2D eigenvalue weighted by Gasteiger charge is -2.18. The van der Waals surface area contributed by atoms with Gasteiger partial charge in [0.05, 0.1) is 16.8 Å². The highest BCUT2D eigenvalue weighted by atomic mass is 19.1. The second kappa shape index (κ2) is 5.87. The highest BCUT2D eigenvalue weighted by Gasteiger charge is 2.37. The van der Waals surface area contributed by atoms with Crippen molar-refractivity contribution in [3.63, 3.8) is 0 Å². The second-order valence-electron chi connectivity index (χ2n) is 5.52. The van der Waals surface area contributed by atoms with Gasteiger partial charge in [-0.3, -0.25) is 9.59 Å². The van der Waals surface area contributed by atoms with E-state index in [0.717, 1.165) is 4.90 Å². The maximum absolute atomic E-state index is 13.4. The van der Waals surface area contributed by atoms with Crippen LogP contribution in [0.3, 0.4) is 0 Å². The molecule has 2 amide bonds. The molecule has 0 spiro atoms. The second-order valence-corrected chi connectivity index (χ2v) is 5.52. The summed E-state index contributed by atoms with van der Waals surface area (Å²) >= 11 is 0. The molecule has 0 atom stereocenters. The predicted octanol–water partition coefficient (Wildman–Crippen LogP) is 4.42. The van der Waals surface area contributed by atoms with Crippen molar-refractivity contribution in [3.8, 4) is 11.5 Å². The Morgan fingerprint density at radius 2 is 1.40 bits per heavy atom. The van der Waals surface area contributed by atoms with E-state index in [4.69, 9.17) is 4.74 Å². The number of fused-ring (bicyclic) bond motifs is 1. The lowest BCUT2D eigenvalue weighted by Crippen LogP contribution is -2.29. The normalized spacial score (nSPS) is 13.1. The van der Waals surface area contributed by atoms with Crippen LogP contribution in [0.4, 0.5) is 10.1 Å². The monoisotopic (exact) mass is 333 g/mol. The number of anilines is 1. The van der Waals surface area contributed by atoms with Gasteiger partial charge in [-0.2, -0.15) is 0 Å². The molecular formula is C20H12FNO3. The average molecular weight is 333 g/mol. The lowest BCUT2D eigenvalue weighted by atomic mass is 10.1. The summed E-state index contributed by atoms with van der Waals surface area (Å²) in [5, 5.41) is 0. The summed E-state index contributed by atoms with van der Waals surface area (Å²) in [6.45, 7) is 0. The molecule has 0 aromatic heterocycles. The van der Waals surface area contributed by atoms with Gasteiger partial charge in [-0.1, -0.05) is 30.3 Å². The molecule has 25 heavy (non-hydrogen) atoms. The molecule has 4 rings (SSSR count). The molecule has 0 unspecified atom stereocenters. The minimum absolute atomic E-state index is 0.282. The minimum Gasteiger partial charge on any atom is -0.455 e. The fourth-order valence-corrected chi connectivity index (χ4v) is 2.79. The third kappa shape index (κ3) is 2.55. The van der Waals surface area contributed by atoms with Crippen LogP contribution in [0.15, 0.2) is 72.8 Å². The van der Waals surface area contributed by atoms with Gasteiger partial charge in [0, 0.05) is 6.07 Å². The predicted molar refractivity (Wildman–Crippen MR) is 90.5 cm³/mol. The highest BCUT2D eigenvalue weighted by molar-refractivity contribution is 6.34. The van der Waals surface area contributed by atoms with E-state index in [0.29, 0.717) is 22.6 Å². The maximum atomic E-state index is 13.4. The van der Waals surface area contributed by atoms with E-state index < -0.39 is 17.6 Å². The van der Waals surface area contributed by atoms with Crippen LogP contribution in [0.5, 0.6) is 11.5 Å². The Bertz CT molecular complexity index is 964. The molecule has 122 valence electrons. The number of carbonyl (C=O) groups excluding carboxylic acids is 2. The van der Waals surface area contributed by atoms with E-state index in [9.17, 15) is 14.0 Å². The van der Waals surface area contributed by atoms with Crippen molar-refractivity contribution >= 4 is 17.5 Å². The number of ether oxygens (including phenoxy) is 1. The summed E-state index contributed by atoms with van der Waals surface area (Å²) in [5.41, 5.74) is 1.03. The number of rotatable bonds is 3. The van der Waals surface area contributed by atoms with Crippen molar-refractivity contribution in [3.05, 3.63) is 89.7 Å². The fraction of sp³-hybridized carbons (Fsp3) is 0. The molecule has 1 aliphatic heterocycles. The molecule has 0 bridgehead atoms. The first-order valence-corrected chi connectivity index (χ1v) is 7.65. The smallest absolute Gasteiger partial charge is 0.266 e. The molecule has 1 aliphatic rings. The Morgan fingerprint density at radius 3 is 2.08 bits per heavy atom. The van der Waals surface area contributed by atoms with Crippen LogP contribution in [-0.4, -0.2) is 11.8 Å². The maximum Gasteiger partial charge on any atom is 0.266 e. The van der Waals surface area contributed by atoms with E-state index in [-0.39, 0.29) is 5.75 Å². The molecule has 1 heterocycles. The summed E-state index contributed by atoms with van der Waals surface area (Å²) < 4.78 is 19.1. The van der Waals surface area contributed by atoms with Gasteiger partial charge in [0.1, 0.15) is 11.6 Å². The fourth-order valence-electron chi connectivity index (χ4n) is 2.79. The molecule has 3 aromatic rings. The average Bonchev–Trinajstić information content (AvgIpc) is 2.87. The molecule has 0 saturated heterocycles. The van der Waals surface area contributed by atoms with Crippen LogP contribution >= 0.6 is 0 Å². The number of benzene rings is 3. The van der Waals surface area contributed by atoms with E-state index in [1.165, 1.54) is 18.2 Å². The van der Waals surface area contributed by atoms with Crippen molar-refractivity contribution in [2.75, 3.05) is 4.90 Å². The number of carbonyl (C=O) groups is 2. The zero-order valence-electron chi connectivity index (χ0n) is 13.0. The summed E-state index contributed by atoms with van der Waals surface area (Å²) in [6.07, 6.45) is 0. The number of nitrogens with zero attached hydrogens (tertiary/aromatic N) is 1. The van der Waals surface area contributed by atoms with Gasteiger partial charge < -0.3 is 4.74 Å². The van der Waals surface area contributed by atoms with Crippen LogP contribution in [0.1, 0.15) is 20.7 Å². The van der Waals surface area contributed by atoms with Crippen molar-refractivity contribution in [1.29, 1.82) is 0 Å². The highest BCUT2D eigenvalue weighted by Crippen LogP contribution is 2.36. The Balaban J connectivity index is 1.75. The number of para-hydroxylation sites is 2. The van der Waals surface area contributed by atoms with E-state index in [2.05, 4.69) is 0 Å². The van der Waals surface area contributed by atoms with Crippen molar-refractivity contribution < 1.29 is 18.7 Å². The number of amides is 2. The first kappa shape index (κ1) is 15.1. The molecule has 0 aliphatic carbocycles. The van der Waals surface area contributed by atoms with Crippen molar-refractivity contribution in [2.45, 2.75) is 0 Å². The summed E-state index contributed by atoms with van der Waals surface area (Å²) in [6, 6.07) is 19.0. The van der Waals surface area contributed by atoms with E-state index in [1.807, 2.05) is 0 Å². The first-order valence-electron chi connectivity index (χ1n) is 7.65. The van der Waals surface area contributed by atoms with Crippen LogP contribution in [0, 0.1) is 5.82 Å². The first-order chi connectivity index (χ1) is 12.1. The molecule has 0 saturated carbocycles. The summed E-state index contributed by atoms with van der Waals surface area (Å²) in [4.78, 5) is 26.4. The minimum atomic E-state index is -0.435. The third-order valence-electron chi connectivity index (χ3n) is 3.92. The quantitative estimate of drug-likeness (QED) is 0.667.